The summed E-state index contributed by atoms with van der Waals surface area (Å²) in [5.74, 6) is 0. The van der Waals surface area contributed by atoms with Gasteiger partial charge in [0.05, 0.1) is 16.3 Å². The summed E-state index contributed by atoms with van der Waals surface area (Å²) in [5.41, 5.74) is 0.870. The third kappa shape index (κ3) is 2.82. The van der Waals surface area contributed by atoms with Gasteiger partial charge in [-0.1, -0.05) is 29.8 Å². The van der Waals surface area contributed by atoms with E-state index in [-0.39, 0.29) is 16.1 Å². The van der Waals surface area contributed by atoms with Crippen molar-refractivity contribution in [1.29, 1.82) is 0 Å². The molecule has 0 unspecified atom stereocenters. The van der Waals surface area contributed by atoms with E-state index < -0.39 is 6.30 Å². The van der Waals surface area contributed by atoms with Crippen LogP contribution in [0.4, 0.5) is 13.2 Å². The predicted octanol–water partition coefficient (Wildman–Crippen LogP) is 5.41. The zero-order valence-corrected chi connectivity index (χ0v) is 12.0. The van der Waals surface area contributed by atoms with Crippen LogP contribution in [0.25, 0.3) is 21.8 Å². The summed E-state index contributed by atoms with van der Waals surface area (Å²) in [4.78, 5) is 0.514. The Kier molecular flexibility index (Phi) is 3.51. The molecule has 0 saturated carbocycles. The number of aromatic nitrogens is 2. The predicted molar refractivity (Wildman–Crippen MR) is 77.3 cm³/mol. The van der Waals surface area contributed by atoms with Gasteiger partial charge in [0.15, 0.2) is 0 Å². The van der Waals surface area contributed by atoms with Gasteiger partial charge in [-0.3, -0.25) is 0 Å². The summed E-state index contributed by atoms with van der Waals surface area (Å²) < 4.78 is 39.5. The van der Waals surface area contributed by atoms with E-state index in [1.165, 1.54) is 17.4 Å². The van der Waals surface area contributed by atoms with Crippen molar-refractivity contribution in [3.05, 3.63) is 52.9 Å². The van der Waals surface area contributed by atoms with Gasteiger partial charge in [0.25, 0.3) is 0 Å². The summed E-state index contributed by atoms with van der Waals surface area (Å²) >= 11 is 7.02. The fourth-order valence-electron chi connectivity index (χ4n) is 1.94. The van der Waals surface area contributed by atoms with E-state index >= 15 is 0 Å². The van der Waals surface area contributed by atoms with E-state index in [9.17, 15) is 13.2 Å². The summed E-state index contributed by atoms with van der Waals surface area (Å²) in [7, 11) is 0. The van der Waals surface area contributed by atoms with E-state index in [2.05, 4.69) is 5.10 Å². The molecule has 0 spiro atoms. The average Bonchev–Trinajstić information content (AvgIpc) is 3.07. The van der Waals surface area contributed by atoms with E-state index in [4.69, 9.17) is 11.6 Å². The molecule has 0 amide bonds. The van der Waals surface area contributed by atoms with Crippen LogP contribution < -0.4 is 0 Å². The molecule has 3 rings (SSSR count). The van der Waals surface area contributed by atoms with Gasteiger partial charge in [-0.2, -0.15) is 9.78 Å². The van der Waals surface area contributed by atoms with Gasteiger partial charge in [0.1, 0.15) is 0 Å². The van der Waals surface area contributed by atoms with Crippen LogP contribution in [0.15, 0.2) is 47.8 Å². The average molecular weight is 329 g/mol. The first-order valence-corrected chi connectivity index (χ1v) is 7.18. The van der Waals surface area contributed by atoms with Crippen molar-refractivity contribution in [3.8, 4) is 21.8 Å². The molecular weight excluding hydrogens is 321 g/mol. The molecule has 2 heterocycles. The summed E-state index contributed by atoms with van der Waals surface area (Å²) in [6.45, 7) is 0. The smallest absolute Gasteiger partial charge is 0.170 e. The van der Waals surface area contributed by atoms with Crippen LogP contribution in [0.5, 0.6) is 0 Å². The number of nitrogens with zero attached hydrogens (tertiary/aromatic N) is 2. The quantitative estimate of drug-likeness (QED) is 0.615. The highest BCUT2D eigenvalue weighted by molar-refractivity contribution is 7.13. The molecule has 1 aromatic carbocycles. The van der Waals surface area contributed by atoms with Crippen LogP contribution in [0.1, 0.15) is 0 Å². The third-order valence-corrected chi connectivity index (χ3v) is 4.01. The molecule has 0 bridgehead atoms. The highest BCUT2D eigenvalue weighted by atomic mass is 35.5. The minimum atomic E-state index is -4.57. The van der Waals surface area contributed by atoms with Crippen LogP contribution >= 0.6 is 22.9 Å². The van der Waals surface area contributed by atoms with Gasteiger partial charge in [-0.25, -0.2) is 0 Å². The number of hydrogen-bond acceptors (Lipinski definition) is 2. The number of hydrogen-bond donors (Lipinski definition) is 0. The number of benzene rings is 1. The number of halogens is 4. The van der Waals surface area contributed by atoms with Crippen molar-refractivity contribution in [2.75, 3.05) is 0 Å². The second-order valence-electron chi connectivity index (χ2n) is 4.28. The molecule has 0 aliphatic heterocycles. The molecule has 0 N–H and O–H groups in total. The fourth-order valence-corrected chi connectivity index (χ4v) is 2.79. The third-order valence-electron chi connectivity index (χ3n) is 2.86. The van der Waals surface area contributed by atoms with Crippen LogP contribution in [0.2, 0.25) is 5.02 Å². The molecule has 2 nitrogen and oxygen atoms in total. The molecule has 0 aliphatic carbocycles. The lowest BCUT2D eigenvalue weighted by Crippen LogP contribution is -2.19. The largest absolute Gasteiger partial charge is 0.505 e. The van der Waals surface area contributed by atoms with Crippen molar-refractivity contribution >= 4 is 22.9 Å². The molecule has 0 saturated heterocycles. The second-order valence-corrected chi connectivity index (χ2v) is 5.66. The van der Waals surface area contributed by atoms with E-state index in [0.29, 0.717) is 15.5 Å². The Balaban J connectivity index is 2.14. The topological polar surface area (TPSA) is 17.8 Å². The lowest BCUT2D eigenvalue weighted by atomic mass is 10.1. The molecule has 0 atom stereocenters. The maximum atomic E-state index is 13.1. The van der Waals surface area contributed by atoms with E-state index in [1.54, 1.807) is 41.8 Å². The first-order valence-electron chi connectivity index (χ1n) is 5.92. The maximum absolute atomic E-state index is 13.1. The van der Waals surface area contributed by atoms with Crippen molar-refractivity contribution in [2.24, 2.45) is 0 Å². The second kappa shape index (κ2) is 5.20. The van der Waals surface area contributed by atoms with E-state index in [1.807, 2.05) is 0 Å². The highest BCUT2D eigenvalue weighted by Gasteiger charge is 2.35. The molecule has 0 radical (unpaired) electrons. The summed E-state index contributed by atoms with van der Waals surface area (Å²) in [6, 6.07) is 11.3. The molecule has 0 aliphatic rings. The molecular formula is C14H8ClF3N2S. The van der Waals surface area contributed by atoms with Crippen LogP contribution in [-0.2, 0) is 6.30 Å². The molecule has 21 heavy (non-hydrogen) atoms. The fraction of sp³-hybridized carbons (Fsp3) is 0.0714. The standard InChI is InChI=1S/C14H8ClF3N2S/c15-10-5-3-9(4-6-10)11-8-12(13-2-1-7-21-13)20(19-11)14(16,17)18/h1-8H. The normalized spacial score (nSPS) is 11.8. The lowest BCUT2D eigenvalue weighted by Gasteiger charge is -2.09. The van der Waals surface area contributed by atoms with Crippen molar-refractivity contribution < 1.29 is 13.2 Å². The SMILES string of the molecule is FC(F)(F)n1nc(-c2ccc(Cl)cc2)cc1-c1cccs1. The van der Waals surface area contributed by atoms with Crippen LogP contribution in [0.3, 0.4) is 0 Å². The Morgan fingerprint density at radius 2 is 1.81 bits per heavy atom. The summed E-state index contributed by atoms with van der Waals surface area (Å²) in [5, 5.41) is 5.94. The monoisotopic (exact) mass is 328 g/mol. The first-order chi connectivity index (χ1) is 9.95. The van der Waals surface area contributed by atoms with Gasteiger partial charge in [0.2, 0.25) is 0 Å². The Morgan fingerprint density at radius 3 is 2.38 bits per heavy atom. The lowest BCUT2D eigenvalue weighted by molar-refractivity contribution is -0.210. The minimum absolute atomic E-state index is 0.0300. The van der Waals surface area contributed by atoms with Crippen molar-refractivity contribution in [1.82, 2.24) is 9.78 Å². The van der Waals surface area contributed by atoms with Gasteiger partial charge < -0.3 is 0 Å². The van der Waals surface area contributed by atoms with Gasteiger partial charge in [-0.15, -0.1) is 24.5 Å². The number of thiophene rings is 1. The summed E-state index contributed by atoms with van der Waals surface area (Å²) in [6.07, 6.45) is -4.57. The van der Waals surface area contributed by atoms with Crippen LogP contribution in [-0.4, -0.2) is 9.78 Å². The van der Waals surface area contributed by atoms with Crippen molar-refractivity contribution in [3.63, 3.8) is 0 Å². The van der Waals surface area contributed by atoms with Gasteiger partial charge in [0, 0.05) is 10.6 Å². The van der Waals surface area contributed by atoms with Gasteiger partial charge in [-0.05, 0) is 29.6 Å². The highest BCUT2D eigenvalue weighted by Crippen LogP contribution is 2.35. The van der Waals surface area contributed by atoms with E-state index in [0.717, 1.165) is 0 Å². The number of alkyl halides is 3. The Hall–Kier alpha value is -1.79. The molecule has 0 fully saturated rings. The molecule has 3 aromatic rings. The Morgan fingerprint density at radius 1 is 1.10 bits per heavy atom. The van der Waals surface area contributed by atoms with Crippen LogP contribution in [0, 0.1) is 0 Å². The molecule has 7 heteroatoms. The van der Waals surface area contributed by atoms with Crippen molar-refractivity contribution in [2.45, 2.75) is 6.30 Å². The van der Waals surface area contributed by atoms with Gasteiger partial charge >= 0.3 is 6.30 Å². The zero-order chi connectivity index (χ0) is 15.0. The molecule has 2 aromatic heterocycles. The Bertz CT molecular complexity index is 746. The first kappa shape index (κ1) is 14.2. The zero-order valence-electron chi connectivity index (χ0n) is 10.4. The molecule has 108 valence electrons. The Labute approximate surface area is 127 Å². The minimum Gasteiger partial charge on any atom is -0.170 e. The number of rotatable bonds is 2. The maximum Gasteiger partial charge on any atom is 0.505 e.